The van der Waals surface area contributed by atoms with E-state index in [0.29, 0.717) is 36.7 Å². The summed E-state index contributed by atoms with van der Waals surface area (Å²) in [6.45, 7) is 9.68. The van der Waals surface area contributed by atoms with Crippen LogP contribution >= 0.6 is 0 Å². The molecule has 0 aliphatic carbocycles. The number of aromatic nitrogens is 4. The third-order valence-electron chi connectivity index (χ3n) is 6.31. The fourth-order valence-electron chi connectivity index (χ4n) is 4.72. The van der Waals surface area contributed by atoms with Gasteiger partial charge in [0.25, 0.3) is 5.91 Å². The fraction of sp³-hybridized carbons (Fsp3) is 0.600. The fourth-order valence-corrected chi connectivity index (χ4v) is 4.72. The van der Waals surface area contributed by atoms with Gasteiger partial charge in [0.1, 0.15) is 0 Å². The van der Waals surface area contributed by atoms with E-state index in [0.717, 1.165) is 49.9 Å². The van der Waals surface area contributed by atoms with Crippen molar-refractivity contribution in [2.75, 3.05) is 33.4 Å². The smallest absolute Gasteiger partial charge is 0.290 e. The number of piperidine rings is 1. The Hall–Kier alpha value is -2.78. The number of para-hydroxylation sites is 2. The zero-order valence-corrected chi connectivity index (χ0v) is 20.7. The highest BCUT2D eigenvalue weighted by atomic mass is 16.5. The number of carbonyl (C=O) groups is 1. The average Bonchev–Trinajstić information content (AvgIpc) is 3.43. The Morgan fingerprint density at radius 1 is 1.26 bits per heavy atom. The number of ether oxygens (including phenoxy) is 1. The summed E-state index contributed by atoms with van der Waals surface area (Å²) in [4.78, 5) is 20.8. The maximum atomic E-state index is 14.0. The summed E-state index contributed by atoms with van der Waals surface area (Å²) in [5, 5.41) is 11.7. The molecule has 0 radical (unpaired) electrons. The molecular weight excluding hydrogens is 432 g/mol. The van der Waals surface area contributed by atoms with Crippen molar-refractivity contribution < 1.29 is 13.9 Å². The number of hydrogen-bond acceptors (Lipinski definition) is 7. The predicted molar refractivity (Wildman–Crippen MR) is 130 cm³/mol. The molecule has 1 amide bonds. The third-order valence-corrected chi connectivity index (χ3v) is 6.31. The molecule has 1 aliphatic rings. The van der Waals surface area contributed by atoms with Gasteiger partial charge in [-0.2, -0.15) is 0 Å². The van der Waals surface area contributed by atoms with Crippen LogP contribution in [-0.4, -0.2) is 69.9 Å². The molecule has 9 nitrogen and oxygen atoms in total. The molecule has 9 heteroatoms. The summed E-state index contributed by atoms with van der Waals surface area (Å²) in [5.74, 6) is 2.09. The van der Waals surface area contributed by atoms with Gasteiger partial charge >= 0.3 is 0 Å². The first kappa shape index (κ1) is 24.3. The highest BCUT2D eigenvalue weighted by molar-refractivity contribution is 5.95. The number of rotatable bonds is 10. The van der Waals surface area contributed by atoms with Gasteiger partial charge in [0.2, 0.25) is 11.8 Å². The molecule has 0 spiro atoms. The van der Waals surface area contributed by atoms with Gasteiger partial charge in [0, 0.05) is 52.9 Å². The molecule has 1 N–H and O–H groups in total. The first-order valence-corrected chi connectivity index (χ1v) is 12.2. The van der Waals surface area contributed by atoms with Gasteiger partial charge in [0.15, 0.2) is 5.82 Å². The van der Waals surface area contributed by atoms with Crippen LogP contribution in [0, 0.1) is 12.8 Å². The van der Waals surface area contributed by atoms with Crippen LogP contribution in [0.4, 0.5) is 0 Å². The molecule has 3 aromatic rings. The van der Waals surface area contributed by atoms with Crippen molar-refractivity contribution in [2.24, 2.45) is 5.92 Å². The molecule has 0 saturated carbocycles. The number of imidazole rings is 1. The minimum Gasteiger partial charge on any atom is -0.425 e. The molecule has 1 saturated heterocycles. The molecule has 2 atom stereocenters. The lowest BCUT2D eigenvalue weighted by Gasteiger charge is -2.38. The van der Waals surface area contributed by atoms with Crippen LogP contribution in [0.25, 0.3) is 11.0 Å². The maximum Gasteiger partial charge on any atom is 0.290 e. The number of nitrogens with zero attached hydrogens (tertiary/aromatic N) is 5. The Bertz CT molecular complexity index is 1090. The van der Waals surface area contributed by atoms with Crippen molar-refractivity contribution in [3.05, 3.63) is 41.9 Å². The Labute approximate surface area is 200 Å². The average molecular weight is 469 g/mol. The van der Waals surface area contributed by atoms with Crippen LogP contribution in [0.5, 0.6) is 0 Å². The number of benzene rings is 1. The van der Waals surface area contributed by atoms with Gasteiger partial charge < -0.3 is 23.9 Å². The van der Waals surface area contributed by atoms with E-state index in [9.17, 15) is 4.79 Å². The number of nitrogens with one attached hydrogen (secondary N) is 1. The number of carbonyl (C=O) groups excluding carboxylic acids is 1. The van der Waals surface area contributed by atoms with E-state index in [1.807, 2.05) is 29.2 Å². The quantitative estimate of drug-likeness (QED) is 0.455. The van der Waals surface area contributed by atoms with Crippen molar-refractivity contribution in [3.63, 3.8) is 0 Å². The van der Waals surface area contributed by atoms with Crippen molar-refractivity contribution in [2.45, 2.75) is 58.5 Å². The predicted octanol–water partition coefficient (Wildman–Crippen LogP) is 3.40. The monoisotopic (exact) mass is 468 g/mol. The normalized spacial score (nSPS) is 18.6. The summed E-state index contributed by atoms with van der Waals surface area (Å²) < 4.78 is 13.0. The first-order valence-electron chi connectivity index (χ1n) is 12.2. The SMILES string of the molecule is COCCCCn1c(C(=O)N(CC(C)C)C2CNCC(c3nnc(C)o3)C2)nc2ccccc21. The van der Waals surface area contributed by atoms with Gasteiger partial charge in [-0.3, -0.25) is 4.79 Å². The molecule has 1 aliphatic heterocycles. The van der Waals surface area contributed by atoms with Gasteiger partial charge in [-0.1, -0.05) is 26.0 Å². The first-order chi connectivity index (χ1) is 16.5. The summed E-state index contributed by atoms with van der Waals surface area (Å²) in [6.07, 6.45) is 2.63. The summed E-state index contributed by atoms with van der Waals surface area (Å²) in [7, 11) is 1.71. The summed E-state index contributed by atoms with van der Waals surface area (Å²) in [5.41, 5.74) is 1.84. The lowest BCUT2D eigenvalue weighted by Crippen LogP contribution is -2.52. The van der Waals surface area contributed by atoms with Crippen LogP contribution in [0.3, 0.4) is 0 Å². The van der Waals surface area contributed by atoms with E-state index in [2.05, 4.69) is 33.9 Å². The van der Waals surface area contributed by atoms with E-state index < -0.39 is 0 Å². The van der Waals surface area contributed by atoms with E-state index >= 15 is 0 Å². The number of amides is 1. The van der Waals surface area contributed by atoms with Crippen molar-refractivity contribution in [1.82, 2.24) is 30.0 Å². The third kappa shape index (κ3) is 5.47. The van der Waals surface area contributed by atoms with Crippen LogP contribution < -0.4 is 5.32 Å². The molecule has 1 fully saturated rings. The second-order valence-corrected chi connectivity index (χ2v) is 9.53. The number of unbranched alkanes of at least 4 members (excludes halogenated alkanes) is 1. The van der Waals surface area contributed by atoms with Crippen LogP contribution in [0.2, 0.25) is 0 Å². The number of hydrogen-bond donors (Lipinski definition) is 1. The van der Waals surface area contributed by atoms with E-state index in [1.165, 1.54) is 0 Å². The Morgan fingerprint density at radius 2 is 2.09 bits per heavy atom. The lowest BCUT2D eigenvalue weighted by molar-refractivity contribution is 0.0586. The second-order valence-electron chi connectivity index (χ2n) is 9.53. The van der Waals surface area contributed by atoms with E-state index in [1.54, 1.807) is 14.0 Å². The maximum absolute atomic E-state index is 14.0. The van der Waals surface area contributed by atoms with Crippen LogP contribution in [0.1, 0.15) is 61.4 Å². The summed E-state index contributed by atoms with van der Waals surface area (Å²) >= 11 is 0. The molecule has 2 unspecified atom stereocenters. The molecule has 0 bridgehead atoms. The van der Waals surface area contributed by atoms with Gasteiger partial charge in [0.05, 0.1) is 17.0 Å². The number of aryl methyl sites for hydroxylation is 2. The van der Waals surface area contributed by atoms with Crippen molar-refractivity contribution in [1.29, 1.82) is 0 Å². The molecule has 184 valence electrons. The minimum absolute atomic E-state index is 0.0163. The highest BCUT2D eigenvalue weighted by Gasteiger charge is 2.35. The zero-order chi connectivity index (χ0) is 24.1. The highest BCUT2D eigenvalue weighted by Crippen LogP contribution is 2.27. The Kier molecular flexibility index (Phi) is 7.95. The molecule has 2 aromatic heterocycles. The van der Waals surface area contributed by atoms with Crippen LogP contribution in [0.15, 0.2) is 28.7 Å². The lowest BCUT2D eigenvalue weighted by atomic mass is 9.94. The van der Waals surface area contributed by atoms with Gasteiger partial charge in [-0.05, 0) is 37.3 Å². The molecule has 3 heterocycles. The van der Waals surface area contributed by atoms with Crippen molar-refractivity contribution >= 4 is 16.9 Å². The van der Waals surface area contributed by atoms with Gasteiger partial charge in [-0.15, -0.1) is 10.2 Å². The van der Waals surface area contributed by atoms with Crippen LogP contribution in [-0.2, 0) is 11.3 Å². The standard InChI is InChI=1S/C25H36N6O3/c1-17(2)16-31(20-13-19(14-26-15-20)24-29-28-18(3)34-24)25(32)23-27-21-9-5-6-10-22(21)30(23)11-7-8-12-33-4/h5-6,9-10,17,19-20,26H,7-8,11-16H2,1-4H3. The Balaban J connectivity index is 1.62. The molecule has 4 rings (SSSR count). The van der Waals surface area contributed by atoms with E-state index in [-0.39, 0.29) is 17.9 Å². The Morgan fingerprint density at radius 3 is 2.82 bits per heavy atom. The minimum atomic E-state index is -0.0224. The largest absolute Gasteiger partial charge is 0.425 e. The molecular formula is C25H36N6O3. The molecule has 34 heavy (non-hydrogen) atoms. The topological polar surface area (TPSA) is 98.3 Å². The number of fused-ring (bicyclic) bond motifs is 1. The van der Waals surface area contributed by atoms with Crippen molar-refractivity contribution in [3.8, 4) is 0 Å². The van der Waals surface area contributed by atoms with E-state index in [4.69, 9.17) is 14.1 Å². The zero-order valence-electron chi connectivity index (χ0n) is 20.7. The summed E-state index contributed by atoms with van der Waals surface area (Å²) in [6, 6.07) is 7.99. The van der Waals surface area contributed by atoms with Gasteiger partial charge in [-0.25, -0.2) is 4.98 Å². The number of methoxy groups -OCH3 is 1. The molecule has 1 aromatic carbocycles. The second kappa shape index (κ2) is 11.1.